The fourth-order valence-corrected chi connectivity index (χ4v) is 4.06. The van der Waals surface area contributed by atoms with Crippen molar-refractivity contribution < 1.29 is 27.9 Å². The number of carbonyl (C=O) groups is 2. The zero-order chi connectivity index (χ0) is 30.5. The minimum atomic E-state index is -0.566. The average Bonchev–Trinajstić information content (AvgIpc) is 3.47. The first kappa shape index (κ1) is 31.8. The second-order valence-corrected chi connectivity index (χ2v) is 9.29. The van der Waals surface area contributed by atoms with Gasteiger partial charge in [0, 0.05) is 25.2 Å². The van der Waals surface area contributed by atoms with E-state index < -0.39 is 5.91 Å². The lowest BCUT2D eigenvalue weighted by Gasteiger charge is -2.32. The molecule has 1 aliphatic rings. The predicted molar refractivity (Wildman–Crippen MR) is 158 cm³/mol. The van der Waals surface area contributed by atoms with Gasteiger partial charge in [0.15, 0.2) is 0 Å². The molecule has 1 amide bonds. The normalized spacial score (nSPS) is 14.0. The summed E-state index contributed by atoms with van der Waals surface area (Å²) in [7, 11) is 1.41. The van der Waals surface area contributed by atoms with E-state index in [0.717, 1.165) is 31.7 Å². The van der Waals surface area contributed by atoms with Crippen molar-refractivity contribution in [2.75, 3.05) is 35.7 Å². The lowest BCUT2D eigenvalue weighted by atomic mass is 9.93. The summed E-state index contributed by atoms with van der Waals surface area (Å²) in [5.74, 6) is 0.931. The molecular weight excluding hydrogens is 543 g/mol. The van der Waals surface area contributed by atoms with Gasteiger partial charge in [-0.15, -0.1) is 5.10 Å². The second-order valence-electron chi connectivity index (χ2n) is 9.29. The number of allylic oxidation sites excluding steroid dienone is 4. The Morgan fingerprint density at radius 3 is 2.40 bits per heavy atom. The van der Waals surface area contributed by atoms with Gasteiger partial charge in [0.05, 0.1) is 19.0 Å². The number of amides is 1. The summed E-state index contributed by atoms with van der Waals surface area (Å²) in [5, 5.41) is 13.3. The number of esters is 1. The summed E-state index contributed by atoms with van der Waals surface area (Å²) >= 11 is 0. The van der Waals surface area contributed by atoms with Gasteiger partial charge in [-0.3, -0.25) is 9.59 Å². The molecule has 3 heterocycles. The van der Waals surface area contributed by atoms with Crippen LogP contribution in [-0.2, 0) is 9.53 Å². The van der Waals surface area contributed by atoms with Crippen LogP contribution in [0.3, 0.4) is 0 Å². The van der Waals surface area contributed by atoms with E-state index in [0.29, 0.717) is 35.2 Å². The molecule has 0 saturated carbocycles. The van der Waals surface area contributed by atoms with Crippen LogP contribution in [0.5, 0.6) is 5.75 Å². The second kappa shape index (κ2) is 15.9. The Morgan fingerprint density at radius 1 is 1.05 bits per heavy atom. The topological polar surface area (TPSA) is 132 Å². The molecule has 0 aliphatic carbocycles. The van der Waals surface area contributed by atoms with Crippen molar-refractivity contribution in [3.05, 3.63) is 77.9 Å². The van der Waals surface area contributed by atoms with E-state index in [-0.39, 0.29) is 23.7 Å². The van der Waals surface area contributed by atoms with Crippen LogP contribution in [0.15, 0.2) is 70.6 Å². The molecule has 2 N–H and O–H groups in total. The number of rotatable bonds is 10. The number of nitrogens with one attached hydrogen (secondary N) is 2. The molecule has 0 radical (unpaired) electrons. The Hall–Kier alpha value is -4.74. The number of ether oxygens (including phenoxy) is 2. The van der Waals surface area contributed by atoms with Gasteiger partial charge in [0.2, 0.25) is 0 Å². The average molecular weight is 581 g/mol. The van der Waals surface area contributed by atoms with Crippen LogP contribution in [-0.4, -0.2) is 47.3 Å². The smallest absolute Gasteiger partial charge is 0.320 e. The summed E-state index contributed by atoms with van der Waals surface area (Å²) in [4.78, 5) is 30.7. The van der Waals surface area contributed by atoms with Gasteiger partial charge in [-0.25, -0.2) is 9.37 Å². The predicted octanol–water partition coefficient (Wildman–Crippen LogP) is 5.96. The Morgan fingerprint density at radius 2 is 1.76 bits per heavy atom. The van der Waals surface area contributed by atoms with Crippen LogP contribution in [0.2, 0.25) is 0 Å². The van der Waals surface area contributed by atoms with E-state index in [1.165, 1.54) is 31.4 Å². The number of aromatic nitrogens is 3. The van der Waals surface area contributed by atoms with Crippen molar-refractivity contribution >= 4 is 29.4 Å². The number of methoxy groups -OCH3 is 1. The first-order valence-electron chi connectivity index (χ1n) is 13.8. The van der Waals surface area contributed by atoms with Gasteiger partial charge in [-0.05, 0) is 81.2 Å². The van der Waals surface area contributed by atoms with Gasteiger partial charge in [-0.2, -0.15) is 0 Å². The Bertz CT molecular complexity index is 1360. The minimum absolute atomic E-state index is 0.0495. The van der Waals surface area contributed by atoms with Gasteiger partial charge >= 0.3 is 23.8 Å². The molecule has 0 spiro atoms. The van der Waals surface area contributed by atoms with Crippen LogP contribution in [0.1, 0.15) is 57.6 Å². The first-order valence-corrected chi connectivity index (χ1v) is 13.8. The summed E-state index contributed by atoms with van der Waals surface area (Å²) in [6, 6.07) is 9.36. The number of pyridine rings is 1. The third-order valence-electron chi connectivity index (χ3n) is 6.21. The van der Waals surface area contributed by atoms with Gasteiger partial charge < -0.3 is 29.4 Å². The van der Waals surface area contributed by atoms with Crippen LogP contribution < -0.4 is 20.3 Å². The highest BCUT2D eigenvalue weighted by atomic mass is 19.1. The molecule has 4 rings (SSSR count). The first-order chi connectivity index (χ1) is 20.3. The highest BCUT2D eigenvalue weighted by molar-refractivity contribution is 6.00. The van der Waals surface area contributed by atoms with Crippen molar-refractivity contribution in [1.29, 1.82) is 0 Å². The fourth-order valence-electron chi connectivity index (χ4n) is 4.06. The zero-order valence-electron chi connectivity index (χ0n) is 24.5. The van der Waals surface area contributed by atoms with E-state index in [9.17, 15) is 14.0 Å². The minimum Gasteiger partial charge on any atom is -0.469 e. The van der Waals surface area contributed by atoms with E-state index in [1.807, 2.05) is 19.9 Å². The molecule has 1 fully saturated rings. The van der Waals surface area contributed by atoms with Gasteiger partial charge in [0.25, 0.3) is 0 Å². The number of anilines is 3. The number of halogens is 1. The van der Waals surface area contributed by atoms with Crippen LogP contribution >= 0.6 is 0 Å². The molecule has 12 heteroatoms. The van der Waals surface area contributed by atoms with Crippen molar-refractivity contribution in [1.82, 2.24) is 15.2 Å². The van der Waals surface area contributed by atoms with Crippen LogP contribution in [0.4, 0.5) is 21.9 Å². The maximum absolute atomic E-state index is 13.0. The number of hydrogen-bond donors (Lipinski definition) is 2. The van der Waals surface area contributed by atoms with Crippen molar-refractivity contribution in [2.24, 2.45) is 5.92 Å². The fraction of sp³-hybridized carbons (Fsp3) is 0.367. The quantitative estimate of drug-likeness (QED) is 0.168. The maximum Gasteiger partial charge on any atom is 0.320 e. The number of piperidine rings is 1. The number of hydrogen-bond acceptors (Lipinski definition) is 10. The molecular formula is C30H37FN6O5. The highest BCUT2D eigenvalue weighted by Crippen LogP contribution is 2.25. The molecule has 3 aromatic rings. The third-order valence-corrected chi connectivity index (χ3v) is 6.21. The highest BCUT2D eigenvalue weighted by Gasteiger charge is 2.23. The third kappa shape index (κ3) is 9.72. The van der Waals surface area contributed by atoms with Crippen molar-refractivity contribution in [3.63, 3.8) is 0 Å². The summed E-state index contributed by atoms with van der Waals surface area (Å²) in [6.45, 7) is 9.13. The van der Waals surface area contributed by atoms with Crippen molar-refractivity contribution in [3.8, 4) is 5.75 Å². The number of nitrogens with zero attached hydrogens (tertiary/aromatic N) is 4. The van der Waals surface area contributed by atoms with Crippen LogP contribution in [0, 0.1) is 11.7 Å². The largest absolute Gasteiger partial charge is 0.469 e. The molecule has 1 aromatic carbocycles. The summed E-state index contributed by atoms with van der Waals surface area (Å²) in [5.41, 5.74) is 1.15. The SMILES string of the molecule is CC.COC(=O)CC1CCN(c2ccc(NC(=O)c3nnc(N/C(C)=C/C=C(\C)Oc4ccc(F)cc4)o3)cn2)CC1. The van der Waals surface area contributed by atoms with Crippen LogP contribution in [0.25, 0.3) is 0 Å². The molecule has 1 aliphatic heterocycles. The van der Waals surface area contributed by atoms with Gasteiger partial charge in [0.1, 0.15) is 23.1 Å². The Kier molecular flexibility index (Phi) is 12.0. The molecule has 0 bridgehead atoms. The molecule has 0 atom stereocenters. The Balaban J connectivity index is 0.00000237. The standard InChI is InChI=1S/C28H31FN6O5.C2H6/c1-18(4-5-19(2)39-23-9-6-21(29)7-10-23)31-28-34-33-27(40-28)26(37)32-22-8-11-24(30-17-22)35-14-12-20(13-15-35)16-25(36)38-3;1-2/h4-11,17,20H,12-16H2,1-3H3,(H,31,34)(H,32,37);1-2H3/b18-4+,19-5+;. The lowest BCUT2D eigenvalue weighted by Crippen LogP contribution is -2.35. The van der Waals surface area contributed by atoms with Crippen molar-refractivity contribution in [2.45, 2.75) is 47.0 Å². The molecule has 1 saturated heterocycles. The van der Waals surface area contributed by atoms with Gasteiger partial charge in [-0.1, -0.05) is 18.9 Å². The molecule has 2 aromatic heterocycles. The Labute approximate surface area is 244 Å². The van der Waals surface area contributed by atoms with E-state index >= 15 is 0 Å². The number of benzene rings is 1. The molecule has 224 valence electrons. The molecule has 0 unspecified atom stereocenters. The summed E-state index contributed by atoms with van der Waals surface area (Å²) in [6.07, 6.45) is 7.23. The van der Waals surface area contributed by atoms with E-state index in [4.69, 9.17) is 13.9 Å². The zero-order valence-corrected chi connectivity index (χ0v) is 24.5. The maximum atomic E-state index is 13.0. The van der Waals surface area contributed by atoms with E-state index in [2.05, 4.69) is 30.7 Å². The molecule has 11 nitrogen and oxygen atoms in total. The summed E-state index contributed by atoms with van der Waals surface area (Å²) < 4.78 is 28.8. The monoisotopic (exact) mass is 580 g/mol. The van der Waals surface area contributed by atoms with E-state index in [1.54, 1.807) is 38.3 Å². The molecule has 42 heavy (non-hydrogen) atoms. The number of carbonyl (C=O) groups excluding carboxylic acids is 2. The lowest BCUT2D eigenvalue weighted by molar-refractivity contribution is -0.141.